The molecule has 2 aromatic carbocycles. The van der Waals surface area contributed by atoms with Crippen molar-refractivity contribution in [2.75, 3.05) is 14.2 Å². The minimum absolute atomic E-state index is 0.209. The maximum absolute atomic E-state index is 5.20. The van der Waals surface area contributed by atoms with Crippen LogP contribution in [-0.4, -0.2) is 14.2 Å². The molecule has 0 saturated heterocycles. The third-order valence-corrected chi connectivity index (χ3v) is 3.39. The molecule has 0 saturated carbocycles. The fraction of sp³-hybridized carbons (Fsp3) is 0.222. The Labute approximate surface area is 121 Å². The van der Waals surface area contributed by atoms with Gasteiger partial charge in [0, 0.05) is 0 Å². The average molecular weight is 267 g/mol. The van der Waals surface area contributed by atoms with E-state index in [1.807, 2.05) is 25.2 Å². The zero-order valence-electron chi connectivity index (χ0n) is 12.3. The van der Waals surface area contributed by atoms with Gasteiger partial charge in [-0.2, -0.15) is 0 Å². The van der Waals surface area contributed by atoms with Gasteiger partial charge in [-0.25, -0.2) is 0 Å². The molecule has 0 spiro atoms. The predicted octanol–water partition coefficient (Wildman–Crippen LogP) is 4.06. The molecule has 104 valence electrons. The van der Waals surface area contributed by atoms with Crippen LogP contribution in [0, 0.1) is 0 Å². The minimum Gasteiger partial charge on any atom is -0.497 e. The standard InChI is InChI=1S/C18H21NO/c1-14(13-15-7-5-4-6-8-15)18(19-2)16-9-11-17(20-3)12-10-16/h4-13,18-19H,1-3H3/b14-13+. The van der Waals surface area contributed by atoms with Gasteiger partial charge in [0.1, 0.15) is 5.75 Å². The van der Waals surface area contributed by atoms with Crippen LogP contribution < -0.4 is 10.1 Å². The van der Waals surface area contributed by atoms with E-state index in [4.69, 9.17) is 4.74 Å². The van der Waals surface area contributed by atoms with Gasteiger partial charge in [-0.1, -0.05) is 54.1 Å². The Balaban J connectivity index is 2.24. The summed E-state index contributed by atoms with van der Waals surface area (Å²) in [6.45, 7) is 2.15. The molecular weight excluding hydrogens is 246 g/mol. The minimum atomic E-state index is 0.209. The van der Waals surface area contributed by atoms with Gasteiger partial charge < -0.3 is 10.1 Å². The van der Waals surface area contributed by atoms with Crippen LogP contribution in [0.15, 0.2) is 60.2 Å². The highest BCUT2D eigenvalue weighted by atomic mass is 16.5. The molecule has 1 unspecified atom stereocenters. The Hall–Kier alpha value is -2.06. The normalized spacial score (nSPS) is 13.1. The second-order valence-corrected chi connectivity index (χ2v) is 4.79. The summed E-state index contributed by atoms with van der Waals surface area (Å²) in [5.41, 5.74) is 3.74. The van der Waals surface area contributed by atoms with E-state index in [0.29, 0.717) is 0 Å². The number of hydrogen-bond donors (Lipinski definition) is 1. The van der Waals surface area contributed by atoms with Gasteiger partial charge in [-0.15, -0.1) is 0 Å². The molecule has 1 atom stereocenters. The highest BCUT2D eigenvalue weighted by Gasteiger charge is 2.11. The summed E-state index contributed by atoms with van der Waals surface area (Å²) in [6, 6.07) is 18.8. The second-order valence-electron chi connectivity index (χ2n) is 4.79. The molecule has 0 aliphatic carbocycles. The van der Waals surface area contributed by atoms with Crippen molar-refractivity contribution in [1.29, 1.82) is 0 Å². The first kappa shape index (κ1) is 14.4. The Bertz CT molecular complexity index is 558. The summed E-state index contributed by atoms with van der Waals surface area (Å²) < 4.78 is 5.20. The van der Waals surface area contributed by atoms with Crippen LogP contribution in [0.4, 0.5) is 0 Å². The lowest BCUT2D eigenvalue weighted by Gasteiger charge is -2.18. The number of rotatable bonds is 5. The van der Waals surface area contributed by atoms with E-state index in [9.17, 15) is 0 Å². The van der Waals surface area contributed by atoms with Gasteiger partial charge in [-0.05, 0) is 37.2 Å². The predicted molar refractivity (Wildman–Crippen MR) is 84.9 cm³/mol. The Kier molecular flexibility index (Phi) is 4.97. The molecule has 0 aliphatic rings. The molecule has 1 N–H and O–H groups in total. The van der Waals surface area contributed by atoms with E-state index >= 15 is 0 Å². The van der Waals surface area contributed by atoms with Crippen molar-refractivity contribution in [2.45, 2.75) is 13.0 Å². The van der Waals surface area contributed by atoms with E-state index in [2.05, 4.69) is 54.7 Å². The summed E-state index contributed by atoms with van der Waals surface area (Å²) in [5, 5.41) is 3.37. The van der Waals surface area contributed by atoms with Crippen LogP contribution in [0.5, 0.6) is 5.75 Å². The molecule has 0 fully saturated rings. The lowest BCUT2D eigenvalue weighted by Crippen LogP contribution is -2.17. The summed E-state index contributed by atoms with van der Waals surface area (Å²) in [7, 11) is 3.67. The van der Waals surface area contributed by atoms with Crippen LogP contribution in [0.25, 0.3) is 6.08 Å². The monoisotopic (exact) mass is 267 g/mol. The van der Waals surface area contributed by atoms with Gasteiger partial charge in [0.15, 0.2) is 0 Å². The maximum Gasteiger partial charge on any atom is 0.118 e. The van der Waals surface area contributed by atoms with Crippen molar-refractivity contribution >= 4 is 6.08 Å². The largest absolute Gasteiger partial charge is 0.497 e. The summed E-state index contributed by atoms with van der Waals surface area (Å²) in [4.78, 5) is 0. The number of ether oxygens (including phenoxy) is 1. The summed E-state index contributed by atoms with van der Waals surface area (Å²) in [6.07, 6.45) is 2.21. The molecule has 2 heteroatoms. The van der Waals surface area contributed by atoms with Gasteiger partial charge in [0.25, 0.3) is 0 Å². The molecule has 0 aliphatic heterocycles. The third kappa shape index (κ3) is 3.49. The van der Waals surface area contributed by atoms with E-state index < -0.39 is 0 Å². The number of methoxy groups -OCH3 is 1. The number of hydrogen-bond acceptors (Lipinski definition) is 2. The van der Waals surface area contributed by atoms with E-state index in [1.54, 1.807) is 7.11 Å². The van der Waals surface area contributed by atoms with Crippen molar-refractivity contribution in [1.82, 2.24) is 5.32 Å². The molecule has 2 aromatic rings. The van der Waals surface area contributed by atoms with Gasteiger partial charge in [0.2, 0.25) is 0 Å². The molecule has 0 radical (unpaired) electrons. The van der Waals surface area contributed by atoms with Crippen LogP contribution in [0.1, 0.15) is 24.1 Å². The fourth-order valence-corrected chi connectivity index (χ4v) is 2.35. The molecule has 0 bridgehead atoms. The summed E-state index contributed by atoms with van der Waals surface area (Å²) in [5.74, 6) is 0.883. The molecular formula is C18H21NO. The molecule has 0 aromatic heterocycles. The first-order valence-corrected chi connectivity index (χ1v) is 6.79. The lowest BCUT2D eigenvalue weighted by atomic mass is 9.98. The quantitative estimate of drug-likeness (QED) is 0.882. The Morgan fingerprint density at radius 3 is 2.25 bits per heavy atom. The number of benzene rings is 2. The number of nitrogens with one attached hydrogen (secondary N) is 1. The van der Waals surface area contributed by atoms with E-state index in [0.717, 1.165) is 5.75 Å². The van der Waals surface area contributed by atoms with Crippen LogP contribution in [0.2, 0.25) is 0 Å². The topological polar surface area (TPSA) is 21.3 Å². The molecule has 2 nitrogen and oxygen atoms in total. The van der Waals surface area contributed by atoms with Gasteiger partial charge >= 0.3 is 0 Å². The zero-order valence-corrected chi connectivity index (χ0v) is 12.3. The zero-order chi connectivity index (χ0) is 14.4. The first-order chi connectivity index (χ1) is 9.74. The first-order valence-electron chi connectivity index (χ1n) is 6.79. The molecule has 0 amide bonds. The Morgan fingerprint density at radius 2 is 1.70 bits per heavy atom. The highest BCUT2D eigenvalue weighted by Crippen LogP contribution is 2.24. The van der Waals surface area contributed by atoms with Crippen molar-refractivity contribution in [2.24, 2.45) is 0 Å². The average Bonchev–Trinajstić information content (AvgIpc) is 2.49. The van der Waals surface area contributed by atoms with Gasteiger partial charge in [0.05, 0.1) is 13.2 Å². The Morgan fingerprint density at radius 1 is 1.05 bits per heavy atom. The van der Waals surface area contributed by atoms with E-state index in [1.165, 1.54) is 16.7 Å². The van der Waals surface area contributed by atoms with Crippen molar-refractivity contribution in [3.8, 4) is 5.75 Å². The third-order valence-electron chi connectivity index (χ3n) is 3.39. The van der Waals surface area contributed by atoms with Crippen molar-refractivity contribution < 1.29 is 4.74 Å². The van der Waals surface area contributed by atoms with Crippen LogP contribution >= 0.6 is 0 Å². The highest BCUT2D eigenvalue weighted by molar-refractivity contribution is 5.54. The second kappa shape index (κ2) is 6.92. The SMILES string of the molecule is CNC(/C(C)=C/c1ccccc1)c1ccc(OC)cc1. The van der Waals surface area contributed by atoms with Crippen LogP contribution in [-0.2, 0) is 0 Å². The smallest absolute Gasteiger partial charge is 0.118 e. The van der Waals surface area contributed by atoms with Crippen molar-refractivity contribution in [3.05, 3.63) is 71.3 Å². The van der Waals surface area contributed by atoms with Gasteiger partial charge in [-0.3, -0.25) is 0 Å². The molecule has 2 rings (SSSR count). The fourth-order valence-electron chi connectivity index (χ4n) is 2.35. The summed E-state index contributed by atoms with van der Waals surface area (Å²) >= 11 is 0. The van der Waals surface area contributed by atoms with E-state index in [-0.39, 0.29) is 6.04 Å². The lowest BCUT2D eigenvalue weighted by molar-refractivity contribution is 0.414. The number of likely N-dealkylation sites (N-methyl/N-ethyl adjacent to an activating group) is 1. The molecule has 20 heavy (non-hydrogen) atoms. The van der Waals surface area contributed by atoms with Crippen molar-refractivity contribution in [3.63, 3.8) is 0 Å². The molecule has 0 heterocycles. The maximum atomic E-state index is 5.20. The van der Waals surface area contributed by atoms with Crippen LogP contribution in [0.3, 0.4) is 0 Å².